The number of carboxylic acids is 1. The van der Waals surface area contributed by atoms with Crippen molar-refractivity contribution in [1.29, 1.82) is 0 Å². The Morgan fingerprint density at radius 1 is 1.33 bits per heavy atom. The number of carboxylic acid groups (broad SMARTS) is 1. The molecule has 3 rings (SSSR count). The Hall–Kier alpha value is -2.14. The SMILES string of the molecule is O=C(O)c1cnc(NCC2CC2)c(-c2ccc(Cl)cc2)n1. The van der Waals surface area contributed by atoms with Gasteiger partial charge in [-0.05, 0) is 30.9 Å². The number of rotatable bonds is 5. The molecule has 1 aliphatic rings. The highest BCUT2D eigenvalue weighted by Crippen LogP contribution is 2.31. The van der Waals surface area contributed by atoms with Gasteiger partial charge in [-0.1, -0.05) is 23.7 Å². The smallest absolute Gasteiger partial charge is 0.356 e. The molecule has 108 valence electrons. The van der Waals surface area contributed by atoms with E-state index in [1.807, 2.05) is 0 Å². The number of anilines is 1. The van der Waals surface area contributed by atoms with E-state index in [0.717, 1.165) is 12.1 Å². The van der Waals surface area contributed by atoms with E-state index in [1.165, 1.54) is 19.0 Å². The average Bonchev–Trinajstić information content (AvgIpc) is 3.30. The van der Waals surface area contributed by atoms with Crippen LogP contribution in [0.4, 0.5) is 5.82 Å². The first-order chi connectivity index (χ1) is 10.1. The predicted molar refractivity (Wildman–Crippen MR) is 80.7 cm³/mol. The molecule has 1 heterocycles. The lowest BCUT2D eigenvalue weighted by molar-refractivity contribution is 0.0690. The molecule has 0 saturated heterocycles. The zero-order chi connectivity index (χ0) is 14.8. The maximum absolute atomic E-state index is 11.1. The predicted octanol–water partition coefficient (Wildman–Crippen LogP) is 3.32. The Balaban J connectivity index is 1.97. The summed E-state index contributed by atoms with van der Waals surface area (Å²) in [7, 11) is 0. The van der Waals surface area contributed by atoms with Crippen molar-refractivity contribution >= 4 is 23.4 Å². The lowest BCUT2D eigenvalue weighted by atomic mass is 10.1. The molecule has 0 unspecified atom stereocenters. The van der Waals surface area contributed by atoms with Crippen molar-refractivity contribution in [1.82, 2.24) is 9.97 Å². The van der Waals surface area contributed by atoms with Crippen molar-refractivity contribution in [3.63, 3.8) is 0 Å². The summed E-state index contributed by atoms with van der Waals surface area (Å²) in [6.07, 6.45) is 3.73. The summed E-state index contributed by atoms with van der Waals surface area (Å²) in [5, 5.41) is 12.9. The van der Waals surface area contributed by atoms with Gasteiger partial charge in [-0.25, -0.2) is 14.8 Å². The molecule has 0 radical (unpaired) electrons. The van der Waals surface area contributed by atoms with Gasteiger partial charge in [0.15, 0.2) is 11.5 Å². The van der Waals surface area contributed by atoms with Crippen LogP contribution in [0, 0.1) is 5.92 Å². The molecular formula is C15H14ClN3O2. The summed E-state index contributed by atoms with van der Waals surface area (Å²) in [5.74, 6) is 0.199. The molecule has 0 aliphatic heterocycles. The van der Waals surface area contributed by atoms with Crippen LogP contribution in [0.15, 0.2) is 30.5 Å². The molecule has 6 heteroatoms. The highest BCUT2D eigenvalue weighted by molar-refractivity contribution is 6.30. The van der Waals surface area contributed by atoms with Crippen molar-refractivity contribution in [3.05, 3.63) is 41.2 Å². The van der Waals surface area contributed by atoms with Gasteiger partial charge in [-0.15, -0.1) is 0 Å². The van der Waals surface area contributed by atoms with Crippen LogP contribution in [0.25, 0.3) is 11.3 Å². The number of halogens is 1. The normalized spacial score (nSPS) is 14.0. The van der Waals surface area contributed by atoms with Crippen LogP contribution in [0.3, 0.4) is 0 Å². The van der Waals surface area contributed by atoms with Crippen LogP contribution < -0.4 is 5.32 Å². The first kappa shape index (κ1) is 13.8. The molecule has 1 aliphatic carbocycles. The van der Waals surface area contributed by atoms with Crippen LogP contribution in [0.1, 0.15) is 23.3 Å². The van der Waals surface area contributed by atoms with E-state index in [-0.39, 0.29) is 5.69 Å². The number of aromatic nitrogens is 2. The third-order valence-corrected chi connectivity index (χ3v) is 3.62. The highest BCUT2D eigenvalue weighted by Gasteiger charge is 2.22. The maximum atomic E-state index is 11.1. The lowest BCUT2D eigenvalue weighted by Gasteiger charge is -2.11. The first-order valence-electron chi connectivity index (χ1n) is 6.73. The minimum absolute atomic E-state index is 0.0723. The van der Waals surface area contributed by atoms with E-state index in [2.05, 4.69) is 15.3 Å². The van der Waals surface area contributed by atoms with Gasteiger partial charge in [0.2, 0.25) is 0 Å². The molecular weight excluding hydrogens is 290 g/mol. The van der Waals surface area contributed by atoms with Gasteiger partial charge in [0.1, 0.15) is 5.69 Å². The molecule has 2 aromatic rings. The number of carbonyl (C=O) groups is 1. The monoisotopic (exact) mass is 303 g/mol. The fourth-order valence-electron chi connectivity index (χ4n) is 1.99. The van der Waals surface area contributed by atoms with E-state index in [9.17, 15) is 4.79 Å². The second-order valence-electron chi connectivity index (χ2n) is 5.09. The summed E-state index contributed by atoms with van der Waals surface area (Å²) < 4.78 is 0. The summed E-state index contributed by atoms with van der Waals surface area (Å²) in [4.78, 5) is 19.5. The van der Waals surface area contributed by atoms with E-state index < -0.39 is 5.97 Å². The van der Waals surface area contributed by atoms with Crippen LogP contribution in [-0.4, -0.2) is 27.6 Å². The Morgan fingerprint density at radius 2 is 2.05 bits per heavy atom. The quantitative estimate of drug-likeness (QED) is 0.886. The van der Waals surface area contributed by atoms with Crippen LogP contribution in [0.2, 0.25) is 5.02 Å². The highest BCUT2D eigenvalue weighted by atomic mass is 35.5. The zero-order valence-corrected chi connectivity index (χ0v) is 12.0. The Bertz CT molecular complexity index is 669. The van der Waals surface area contributed by atoms with Crippen molar-refractivity contribution in [3.8, 4) is 11.3 Å². The van der Waals surface area contributed by atoms with Crippen LogP contribution in [-0.2, 0) is 0 Å². The van der Waals surface area contributed by atoms with Gasteiger partial charge in [-0.3, -0.25) is 0 Å². The molecule has 1 aromatic carbocycles. The molecule has 1 aromatic heterocycles. The van der Waals surface area contributed by atoms with Crippen molar-refractivity contribution < 1.29 is 9.90 Å². The van der Waals surface area contributed by atoms with Gasteiger partial charge >= 0.3 is 5.97 Å². The third-order valence-electron chi connectivity index (χ3n) is 3.36. The first-order valence-corrected chi connectivity index (χ1v) is 7.11. The maximum Gasteiger partial charge on any atom is 0.356 e. The lowest BCUT2D eigenvalue weighted by Crippen LogP contribution is -2.10. The van der Waals surface area contributed by atoms with Crippen LogP contribution >= 0.6 is 11.6 Å². The number of nitrogens with zero attached hydrogens (tertiary/aromatic N) is 2. The molecule has 21 heavy (non-hydrogen) atoms. The molecule has 0 spiro atoms. The second-order valence-corrected chi connectivity index (χ2v) is 5.53. The van der Waals surface area contributed by atoms with Gasteiger partial charge in [0.05, 0.1) is 6.20 Å². The van der Waals surface area contributed by atoms with E-state index in [4.69, 9.17) is 16.7 Å². The summed E-state index contributed by atoms with van der Waals surface area (Å²) in [6, 6.07) is 7.11. The number of aromatic carboxylic acids is 1. The number of hydrogen-bond donors (Lipinski definition) is 2. The van der Waals surface area contributed by atoms with Gasteiger partial charge in [0.25, 0.3) is 0 Å². The van der Waals surface area contributed by atoms with Crippen LogP contribution in [0.5, 0.6) is 0 Å². The van der Waals surface area contributed by atoms with E-state index in [0.29, 0.717) is 22.5 Å². The largest absolute Gasteiger partial charge is 0.476 e. The fraction of sp³-hybridized carbons (Fsp3) is 0.267. The molecule has 1 fully saturated rings. The Labute approximate surface area is 127 Å². The minimum Gasteiger partial charge on any atom is -0.476 e. The summed E-state index contributed by atoms with van der Waals surface area (Å²) >= 11 is 5.89. The average molecular weight is 304 g/mol. The molecule has 2 N–H and O–H groups in total. The number of benzene rings is 1. The van der Waals surface area contributed by atoms with Gasteiger partial charge < -0.3 is 10.4 Å². The molecule has 0 amide bonds. The van der Waals surface area contributed by atoms with Crippen molar-refractivity contribution in [2.45, 2.75) is 12.8 Å². The molecule has 0 bridgehead atoms. The van der Waals surface area contributed by atoms with E-state index >= 15 is 0 Å². The van der Waals surface area contributed by atoms with Gasteiger partial charge in [0, 0.05) is 17.1 Å². The standard InChI is InChI=1S/C15H14ClN3O2/c16-11-5-3-10(4-6-11)13-14(17-7-9-1-2-9)18-8-12(19-13)15(20)21/h3-6,8-9H,1-2,7H2,(H,17,18)(H,20,21). The number of nitrogens with one attached hydrogen (secondary N) is 1. The zero-order valence-electron chi connectivity index (χ0n) is 11.2. The van der Waals surface area contributed by atoms with Crippen molar-refractivity contribution in [2.24, 2.45) is 5.92 Å². The van der Waals surface area contributed by atoms with Gasteiger partial charge in [-0.2, -0.15) is 0 Å². The minimum atomic E-state index is -1.09. The Kier molecular flexibility index (Phi) is 3.75. The molecule has 5 nitrogen and oxygen atoms in total. The second kappa shape index (κ2) is 5.69. The summed E-state index contributed by atoms with van der Waals surface area (Å²) in [5.41, 5.74) is 1.25. The fourth-order valence-corrected chi connectivity index (χ4v) is 2.12. The topological polar surface area (TPSA) is 75.1 Å². The summed E-state index contributed by atoms with van der Waals surface area (Å²) in [6.45, 7) is 0.835. The van der Waals surface area contributed by atoms with Crippen molar-refractivity contribution in [2.75, 3.05) is 11.9 Å². The molecule has 1 saturated carbocycles. The molecule has 0 atom stereocenters. The number of hydrogen-bond acceptors (Lipinski definition) is 4. The third kappa shape index (κ3) is 3.31. The van der Waals surface area contributed by atoms with E-state index in [1.54, 1.807) is 24.3 Å². The Morgan fingerprint density at radius 3 is 2.67 bits per heavy atom.